The first-order valence-corrected chi connectivity index (χ1v) is 7.53. The zero-order valence-corrected chi connectivity index (χ0v) is 11.8. The maximum Gasteiger partial charge on any atom is 0.124 e. The molecular formula is C16H24N2O. The number of nitrogens with zero attached hydrogens (tertiary/aromatic N) is 1. The molecule has 3 rings (SSSR count). The van der Waals surface area contributed by atoms with Crippen molar-refractivity contribution in [3.8, 4) is 5.75 Å². The number of fused-ring (bicyclic) bond motifs is 1. The van der Waals surface area contributed by atoms with Gasteiger partial charge in [0.1, 0.15) is 5.75 Å². The fourth-order valence-corrected chi connectivity index (χ4v) is 3.23. The maximum atomic E-state index is 5.91. The molecule has 1 saturated heterocycles. The fraction of sp³-hybridized carbons (Fsp3) is 0.625. The Bertz CT molecular complexity index is 425. The molecule has 0 spiro atoms. The molecule has 19 heavy (non-hydrogen) atoms. The van der Waals surface area contributed by atoms with E-state index in [2.05, 4.69) is 35.3 Å². The van der Waals surface area contributed by atoms with Gasteiger partial charge in [0.15, 0.2) is 0 Å². The summed E-state index contributed by atoms with van der Waals surface area (Å²) in [5.74, 6) is 1.10. The third kappa shape index (κ3) is 2.93. The molecule has 3 nitrogen and oxygen atoms in total. The SMILES string of the molecule is Cc1ccc2c(c1)C(N1CCCNCC1)CCCO2. The molecule has 0 bridgehead atoms. The van der Waals surface area contributed by atoms with Crippen LogP contribution in [0.2, 0.25) is 0 Å². The zero-order chi connectivity index (χ0) is 13.1. The lowest BCUT2D eigenvalue weighted by atomic mass is 9.98. The highest BCUT2D eigenvalue weighted by Gasteiger charge is 2.26. The molecule has 0 saturated carbocycles. The topological polar surface area (TPSA) is 24.5 Å². The lowest BCUT2D eigenvalue weighted by Crippen LogP contribution is -2.32. The molecule has 2 heterocycles. The third-order valence-corrected chi connectivity index (χ3v) is 4.22. The highest BCUT2D eigenvalue weighted by molar-refractivity contribution is 5.39. The largest absolute Gasteiger partial charge is 0.493 e. The predicted octanol–water partition coefficient (Wildman–Crippen LogP) is 2.50. The second-order valence-electron chi connectivity index (χ2n) is 5.69. The van der Waals surface area contributed by atoms with Crippen LogP contribution in [0.15, 0.2) is 18.2 Å². The Labute approximate surface area is 115 Å². The quantitative estimate of drug-likeness (QED) is 0.839. The molecular weight excluding hydrogens is 236 g/mol. The van der Waals surface area contributed by atoms with E-state index < -0.39 is 0 Å². The molecule has 2 aliphatic heterocycles. The third-order valence-electron chi connectivity index (χ3n) is 4.22. The van der Waals surface area contributed by atoms with Crippen molar-refractivity contribution in [2.45, 2.75) is 32.2 Å². The molecule has 0 amide bonds. The van der Waals surface area contributed by atoms with Gasteiger partial charge in [0.25, 0.3) is 0 Å². The smallest absolute Gasteiger partial charge is 0.124 e. The van der Waals surface area contributed by atoms with E-state index in [0.717, 1.165) is 38.4 Å². The van der Waals surface area contributed by atoms with Crippen LogP contribution in [0, 0.1) is 6.92 Å². The number of aryl methyl sites for hydroxylation is 1. The van der Waals surface area contributed by atoms with Crippen molar-refractivity contribution in [1.82, 2.24) is 10.2 Å². The number of rotatable bonds is 1. The maximum absolute atomic E-state index is 5.91. The van der Waals surface area contributed by atoms with Crippen LogP contribution in [-0.4, -0.2) is 37.7 Å². The number of benzene rings is 1. The summed E-state index contributed by atoms with van der Waals surface area (Å²) in [6.45, 7) is 7.65. The van der Waals surface area contributed by atoms with E-state index in [9.17, 15) is 0 Å². The predicted molar refractivity (Wildman–Crippen MR) is 77.7 cm³/mol. The average molecular weight is 260 g/mol. The van der Waals surface area contributed by atoms with Crippen LogP contribution < -0.4 is 10.1 Å². The standard InChI is InChI=1S/C16H24N2O/c1-13-5-6-16-14(12-13)15(4-2-11-19-16)18-9-3-7-17-8-10-18/h5-6,12,15,17H,2-4,7-11H2,1H3. The Hall–Kier alpha value is -1.06. The Balaban J connectivity index is 1.89. The Morgan fingerprint density at radius 3 is 3.11 bits per heavy atom. The van der Waals surface area contributed by atoms with Gasteiger partial charge in [-0.2, -0.15) is 0 Å². The van der Waals surface area contributed by atoms with Gasteiger partial charge in [0.2, 0.25) is 0 Å². The summed E-state index contributed by atoms with van der Waals surface area (Å²) >= 11 is 0. The molecule has 1 aromatic carbocycles. The van der Waals surface area contributed by atoms with E-state index in [4.69, 9.17) is 4.74 Å². The van der Waals surface area contributed by atoms with Gasteiger partial charge in [-0.05, 0) is 38.8 Å². The lowest BCUT2D eigenvalue weighted by Gasteiger charge is -2.30. The molecule has 1 N–H and O–H groups in total. The second-order valence-corrected chi connectivity index (χ2v) is 5.69. The van der Waals surface area contributed by atoms with Crippen LogP contribution in [0.4, 0.5) is 0 Å². The Morgan fingerprint density at radius 1 is 1.21 bits per heavy atom. The number of hydrogen-bond acceptors (Lipinski definition) is 3. The Morgan fingerprint density at radius 2 is 2.16 bits per heavy atom. The van der Waals surface area contributed by atoms with Gasteiger partial charge in [-0.3, -0.25) is 4.90 Å². The van der Waals surface area contributed by atoms with Crippen LogP contribution >= 0.6 is 0 Å². The van der Waals surface area contributed by atoms with Crippen LogP contribution in [-0.2, 0) is 0 Å². The minimum atomic E-state index is 0.539. The highest BCUT2D eigenvalue weighted by Crippen LogP contribution is 2.36. The van der Waals surface area contributed by atoms with Crippen molar-refractivity contribution in [1.29, 1.82) is 0 Å². The van der Waals surface area contributed by atoms with E-state index >= 15 is 0 Å². The van der Waals surface area contributed by atoms with Gasteiger partial charge in [0.05, 0.1) is 6.61 Å². The highest BCUT2D eigenvalue weighted by atomic mass is 16.5. The summed E-state index contributed by atoms with van der Waals surface area (Å²) < 4.78 is 5.91. The zero-order valence-electron chi connectivity index (χ0n) is 11.8. The summed E-state index contributed by atoms with van der Waals surface area (Å²) in [7, 11) is 0. The van der Waals surface area contributed by atoms with Crippen molar-refractivity contribution in [3.05, 3.63) is 29.3 Å². The molecule has 0 radical (unpaired) electrons. The van der Waals surface area contributed by atoms with Crippen LogP contribution in [0.25, 0.3) is 0 Å². The minimum Gasteiger partial charge on any atom is -0.493 e. The molecule has 104 valence electrons. The van der Waals surface area contributed by atoms with Crippen LogP contribution in [0.5, 0.6) is 5.75 Å². The molecule has 1 atom stereocenters. The fourth-order valence-electron chi connectivity index (χ4n) is 3.23. The van der Waals surface area contributed by atoms with E-state index in [1.807, 2.05) is 0 Å². The monoisotopic (exact) mass is 260 g/mol. The minimum absolute atomic E-state index is 0.539. The van der Waals surface area contributed by atoms with Gasteiger partial charge >= 0.3 is 0 Å². The van der Waals surface area contributed by atoms with Gasteiger partial charge < -0.3 is 10.1 Å². The molecule has 1 aromatic rings. The van der Waals surface area contributed by atoms with Gasteiger partial charge in [-0.15, -0.1) is 0 Å². The van der Waals surface area contributed by atoms with Crippen molar-refractivity contribution in [2.24, 2.45) is 0 Å². The van der Waals surface area contributed by atoms with E-state index in [1.165, 1.54) is 30.5 Å². The molecule has 0 aromatic heterocycles. The first-order valence-electron chi connectivity index (χ1n) is 7.53. The number of nitrogens with one attached hydrogen (secondary N) is 1. The lowest BCUT2D eigenvalue weighted by molar-refractivity contribution is 0.199. The number of ether oxygens (including phenoxy) is 1. The van der Waals surface area contributed by atoms with Crippen LogP contribution in [0.1, 0.15) is 36.4 Å². The summed E-state index contributed by atoms with van der Waals surface area (Å²) in [6, 6.07) is 7.17. The molecule has 3 heteroatoms. The summed E-state index contributed by atoms with van der Waals surface area (Å²) in [5.41, 5.74) is 2.74. The summed E-state index contributed by atoms with van der Waals surface area (Å²) in [4.78, 5) is 2.65. The Kier molecular flexibility index (Phi) is 4.04. The number of hydrogen-bond donors (Lipinski definition) is 1. The molecule has 2 aliphatic rings. The van der Waals surface area contributed by atoms with E-state index in [0.29, 0.717) is 6.04 Å². The van der Waals surface area contributed by atoms with Crippen molar-refractivity contribution < 1.29 is 4.74 Å². The molecule has 1 fully saturated rings. The second kappa shape index (κ2) is 5.93. The van der Waals surface area contributed by atoms with Gasteiger partial charge in [0, 0.05) is 31.2 Å². The van der Waals surface area contributed by atoms with Crippen LogP contribution in [0.3, 0.4) is 0 Å². The van der Waals surface area contributed by atoms with Crippen molar-refractivity contribution in [2.75, 3.05) is 32.8 Å². The molecule has 1 unspecified atom stereocenters. The van der Waals surface area contributed by atoms with Gasteiger partial charge in [-0.1, -0.05) is 17.7 Å². The summed E-state index contributed by atoms with van der Waals surface area (Å²) in [5, 5.41) is 3.49. The first-order chi connectivity index (χ1) is 9.34. The average Bonchev–Trinajstić information content (AvgIpc) is 2.78. The summed E-state index contributed by atoms with van der Waals surface area (Å²) in [6.07, 6.45) is 3.62. The van der Waals surface area contributed by atoms with Crippen molar-refractivity contribution in [3.63, 3.8) is 0 Å². The van der Waals surface area contributed by atoms with E-state index in [1.54, 1.807) is 0 Å². The first kappa shape index (κ1) is 12.9. The molecule has 0 aliphatic carbocycles. The van der Waals surface area contributed by atoms with E-state index in [-0.39, 0.29) is 0 Å². The van der Waals surface area contributed by atoms with Gasteiger partial charge in [-0.25, -0.2) is 0 Å². The van der Waals surface area contributed by atoms with Crippen molar-refractivity contribution >= 4 is 0 Å². The normalized spacial score (nSPS) is 25.0.